The van der Waals surface area contributed by atoms with E-state index in [0.29, 0.717) is 23.3 Å². The summed E-state index contributed by atoms with van der Waals surface area (Å²) in [4.78, 5) is 0. The Hall–Kier alpha value is -2.36. The van der Waals surface area contributed by atoms with Gasteiger partial charge in [0.2, 0.25) is 0 Å². The number of allylic oxidation sites excluding steroid dienone is 1. The van der Waals surface area contributed by atoms with Gasteiger partial charge in [-0.05, 0) is 42.5 Å². The zero-order chi connectivity index (χ0) is 13.9. The van der Waals surface area contributed by atoms with Gasteiger partial charge in [0, 0.05) is 11.3 Å². The number of benzene rings is 2. The van der Waals surface area contributed by atoms with E-state index in [-0.39, 0.29) is 5.56 Å². The van der Waals surface area contributed by atoms with Crippen molar-refractivity contribution in [3.05, 3.63) is 66.7 Å². The molecule has 2 aromatic carbocycles. The summed E-state index contributed by atoms with van der Waals surface area (Å²) in [5.74, 6) is -2.20. The van der Waals surface area contributed by atoms with Crippen molar-refractivity contribution in [2.75, 3.05) is 5.73 Å². The van der Waals surface area contributed by atoms with Crippen molar-refractivity contribution in [2.24, 2.45) is 0 Å². The molecule has 0 atom stereocenters. The Morgan fingerprint density at radius 1 is 1.05 bits per heavy atom. The highest BCUT2D eigenvalue weighted by molar-refractivity contribution is 5.43. The molecule has 2 N–H and O–H groups in total. The molecule has 0 aliphatic heterocycles. The van der Waals surface area contributed by atoms with Gasteiger partial charge < -0.3 is 10.5 Å². The number of hydrogen-bond donors (Lipinski definition) is 1. The van der Waals surface area contributed by atoms with E-state index < -0.39 is 5.92 Å². The third-order valence-corrected chi connectivity index (χ3v) is 2.59. The molecule has 0 amide bonds. The molecule has 4 heteroatoms. The fourth-order valence-electron chi connectivity index (χ4n) is 1.56. The monoisotopic (exact) mass is 261 g/mol. The first-order valence-electron chi connectivity index (χ1n) is 5.66. The number of nitrogens with two attached hydrogens (primary N) is 1. The quantitative estimate of drug-likeness (QED) is 0.656. The Morgan fingerprint density at radius 3 is 2.37 bits per heavy atom. The van der Waals surface area contributed by atoms with Crippen LogP contribution in [0.4, 0.5) is 14.5 Å². The van der Waals surface area contributed by atoms with E-state index in [1.54, 1.807) is 30.3 Å². The molecule has 0 spiro atoms. The van der Waals surface area contributed by atoms with Gasteiger partial charge in [0.1, 0.15) is 11.5 Å². The Balaban J connectivity index is 2.24. The lowest BCUT2D eigenvalue weighted by atomic mass is 10.1. The summed E-state index contributed by atoms with van der Waals surface area (Å²) in [7, 11) is 0. The Labute approximate surface area is 110 Å². The van der Waals surface area contributed by atoms with Crippen LogP contribution in [0.5, 0.6) is 11.5 Å². The van der Waals surface area contributed by atoms with Crippen molar-refractivity contribution in [3.63, 3.8) is 0 Å². The van der Waals surface area contributed by atoms with E-state index in [1.165, 1.54) is 18.2 Å². The molecule has 0 fully saturated rings. The summed E-state index contributed by atoms with van der Waals surface area (Å²) in [5, 5.41) is 0. The molecule has 0 aromatic heterocycles. The van der Waals surface area contributed by atoms with Gasteiger partial charge in [0.25, 0.3) is 5.92 Å². The molecular formula is C15H13F2NO. The number of hydrogen-bond acceptors (Lipinski definition) is 2. The molecule has 0 heterocycles. The van der Waals surface area contributed by atoms with Crippen LogP contribution in [-0.4, -0.2) is 0 Å². The third-order valence-electron chi connectivity index (χ3n) is 2.59. The Bertz CT molecular complexity index is 579. The minimum atomic E-state index is -3.07. The van der Waals surface area contributed by atoms with Crippen molar-refractivity contribution in [3.8, 4) is 11.5 Å². The van der Waals surface area contributed by atoms with Gasteiger partial charge in [-0.25, -0.2) is 0 Å². The van der Waals surface area contributed by atoms with E-state index in [1.807, 2.05) is 0 Å². The fourth-order valence-corrected chi connectivity index (χ4v) is 1.56. The van der Waals surface area contributed by atoms with Crippen molar-refractivity contribution in [2.45, 2.75) is 5.92 Å². The van der Waals surface area contributed by atoms with Crippen LogP contribution in [0.25, 0.3) is 0 Å². The molecule has 0 saturated carbocycles. The number of alkyl halides is 2. The average molecular weight is 261 g/mol. The van der Waals surface area contributed by atoms with Crippen LogP contribution in [0.3, 0.4) is 0 Å². The molecule has 0 radical (unpaired) electrons. The first kappa shape index (κ1) is 13.1. The molecule has 0 aliphatic rings. The molecule has 2 aromatic rings. The Kier molecular flexibility index (Phi) is 3.51. The van der Waals surface area contributed by atoms with Gasteiger partial charge in [0.05, 0.1) is 0 Å². The van der Waals surface area contributed by atoms with Gasteiger partial charge >= 0.3 is 0 Å². The van der Waals surface area contributed by atoms with Crippen LogP contribution in [-0.2, 0) is 5.92 Å². The van der Waals surface area contributed by atoms with Gasteiger partial charge in [-0.2, -0.15) is 8.78 Å². The van der Waals surface area contributed by atoms with Crippen molar-refractivity contribution in [1.82, 2.24) is 0 Å². The van der Waals surface area contributed by atoms with Crippen LogP contribution >= 0.6 is 0 Å². The van der Waals surface area contributed by atoms with Crippen LogP contribution in [0.2, 0.25) is 0 Å². The summed E-state index contributed by atoms with van der Waals surface area (Å²) in [5.41, 5.74) is 6.01. The normalized spacial score (nSPS) is 11.1. The zero-order valence-electron chi connectivity index (χ0n) is 10.1. The van der Waals surface area contributed by atoms with Gasteiger partial charge in [-0.3, -0.25) is 0 Å². The maximum Gasteiger partial charge on any atom is 0.291 e. The highest BCUT2D eigenvalue weighted by atomic mass is 19.3. The molecule has 0 unspecified atom stereocenters. The SMILES string of the molecule is C=CC(F)(F)c1cccc(Oc2ccc(N)cc2)c1. The number of nitrogen functional groups attached to an aromatic ring is 1. The Morgan fingerprint density at radius 2 is 1.74 bits per heavy atom. The standard InChI is InChI=1S/C15H13F2NO/c1-2-15(16,17)11-4-3-5-14(10-11)19-13-8-6-12(18)7-9-13/h2-10H,1,18H2. The highest BCUT2D eigenvalue weighted by Crippen LogP contribution is 2.32. The lowest BCUT2D eigenvalue weighted by Gasteiger charge is -2.13. The van der Waals surface area contributed by atoms with Crippen LogP contribution < -0.4 is 10.5 Å². The molecule has 2 nitrogen and oxygen atoms in total. The molecule has 0 aliphatic carbocycles. The number of anilines is 1. The van der Waals surface area contributed by atoms with Crippen LogP contribution in [0, 0.1) is 0 Å². The second kappa shape index (κ2) is 5.10. The second-order valence-electron chi connectivity index (χ2n) is 4.03. The van der Waals surface area contributed by atoms with E-state index in [2.05, 4.69) is 6.58 Å². The van der Waals surface area contributed by atoms with Crippen molar-refractivity contribution < 1.29 is 13.5 Å². The van der Waals surface area contributed by atoms with Crippen LogP contribution in [0.1, 0.15) is 5.56 Å². The lowest BCUT2D eigenvalue weighted by molar-refractivity contribution is 0.0523. The summed E-state index contributed by atoms with van der Waals surface area (Å²) < 4.78 is 32.4. The number of rotatable bonds is 4. The van der Waals surface area contributed by atoms with Crippen molar-refractivity contribution in [1.29, 1.82) is 0 Å². The minimum Gasteiger partial charge on any atom is -0.457 e. The third kappa shape index (κ3) is 3.10. The first-order valence-corrected chi connectivity index (χ1v) is 5.66. The summed E-state index contributed by atoms with van der Waals surface area (Å²) in [6.45, 7) is 3.13. The minimum absolute atomic E-state index is 0.157. The van der Waals surface area contributed by atoms with E-state index in [4.69, 9.17) is 10.5 Å². The topological polar surface area (TPSA) is 35.2 Å². The molecular weight excluding hydrogens is 248 g/mol. The smallest absolute Gasteiger partial charge is 0.291 e. The summed E-state index contributed by atoms with van der Waals surface area (Å²) >= 11 is 0. The molecule has 0 bridgehead atoms. The molecule has 19 heavy (non-hydrogen) atoms. The zero-order valence-corrected chi connectivity index (χ0v) is 10.1. The largest absolute Gasteiger partial charge is 0.457 e. The van der Waals surface area contributed by atoms with E-state index >= 15 is 0 Å². The van der Waals surface area contributed by atoms with E-state index in [0.717, 1.165) is 0 Å². The molecule has 98 valence electrons. The highest BCUT2D eigenvalue weighted by Gasteiger charge is 2.27. The maximum absolute atomic E-state index is 13.5. The summed E-state index contributed by atoms with van der Waals surface area (Å²) in [6.07, 6.45) is 0.606. The molecule has 0 saturated heterocycles. The second-order valence-corrected chi connectivity index (χ2v) is 4.03. The van der Waals surface area contributed by atoms with Crippen LogP contribution in [0.15, 0.2) is 61.2 Å². The number of ether oxygens (including phenoxy) is 1. The van der Waals surface area contributed by atoms with Gasteiger partial charge in [-0.1, -0.05) is 18.7 Å². The molecule has 2 rings (SSSR count). The maximum atomic E-state index is 13.5. The predicted octanol–water partition coefficient (Wildman–Crippen LogP) is 4.34. The lowest BCUT2D eigenvalue weighted by Crippen LogP contribution is -2.08. The fraction of sp³-hybridized carbons (Fsp3) is 0.0667. The number of halogens is 2. The predicted molar refractivity (Wildman–Crippen MR) is 71.5 cm³/mol. The van der Waals surface area contributed by atoms with E-state index in [9.17, 15) is 8.78 Å². The van der Waals surface area contributed by atoms with Gasteiger partial charge in [0.15, 0.2) is 0 Å². The summed E-state index contributed by atoms with van der Waals surface area (Å²) in [6, 6.07) is 12.4. The average Bonchev–Trinajstić information content (AvgIpc) is 2.42. The van der Waals surface area contributed by atoms with Gasteiger partial charge in [-0.15, -0.1) is 0 Å². The van der Waals surface area contributed by atoms with Crippen molar-refractivity contribution >= 4 is 5.69 Å². The first-order chi connectivity index (χ1) is 9.01.